The van der Waals surface area contributed by atoms with Crippen LogP contribution in [0, 0.1) is 0 Å². The number of fused-ring (bicyclic) bond motifs is 1. The highest BCUT2D eigenvalue weighted by atomic mass is 35.5. The van der Waals surface area contributed by atoms with Gasteiger partial charge < -0.3 is 5.32 Å². The number of anilines is 1. The summed E-state index contributed by atoms with van der Waals surface area (Å²) < 4.78 is 40.7. The summed E-state index contributed by atoms with van der Waals surface area (Å²) in [5.41, 5.74) is 1.67. The van der Waals surface area contributed by atoms with Crippen LogP contribution >= 0.6 is 34.8 Å². The highest BCUT2D eigenvalue weighted by Gasteiger charge is 2.39. The fraction of sp³-hybridized carbons (Fsp3) is 0.111. The van der Waals surface area contributed by atoms with E-state index in [1.807, 2.05) is 0 Å². The quantitative estimate of drug-likeness (QED) is 0.502. The minimum absolute atomic E-state index is 0.0687. The number of hydrogen-bond acceptors (Lipinski definition) is 3. The molecule has 4 rings (SSSR count). The minimum atomic E-state index is -4.69. The van der Waals surface area contributed by atoms with Crippen molar-refractivity contribution in [1.82, 2.24) is 14.8 Å². The van der Waals surface area contributed by atoms with Gasteiger partial charge in [-0.15, -0.1) is 5.10 Å². The van der Waals surface area contributed by atoms with Gasteiger partial charge in [0.25, 0.3) is 5.82 Å². The second-order valence-electron chi connectivity index (χ2n) is 5.99. The largest absolute Gasteiger partial charge is 0.453 e. The third-order valence-corrected chi connectivity index (χ3v) is 5.08. The number of allylic oxidation sites excluding steroid dienone is 1. The predicted molar refractivity (Wildman–Crippen MR) is 103 cm³/mol. The molecule has 0 amide bonds. The highest BCUT2D eigenvalue weighted by molar-refractivity contribution is 6.36. The van der Waals surface area contributed by atoms with Crippen molar-refractivity contribution in [2.45, 2.75) is 12.2 Å². The summed E-state index contributed by atoms with van der Waals surface area (Å²) in [6, 6.07) is 10.9. The normalized spacial score (nSPS) is 16.4. The van der Waals surface area contributed by atoms with Crippen LogP contribution in [-0.2, 0) is 6.18 Å². The summed E-state index contributed by atoms with van der Waals surface area (Å²) in [7, 11) is 0. The van der Waals surface area contributed by atoms with Gasteiger partial charge in [0.1, 0.15) is 6.04 Å². The van der Waals surface area contributed by atoms with Gasteiger partial charge in [-0.25, -0.2) is 4.68 Å². The van der Waals surface area contributed by atoms with Gasteiger partial charge in [-0.2, -0.15) is 18.2 Å². The van der Waals surface area contributed by atoms with E-state index in [9.17, 15) is 13.2 Å². The molecule has 144 valence electrons. The monoisotopic (exact) mass is 444 g/mol. The van der Waals surface area contributed by atoms with Crippen molar-refractivity contribution in [3.63, 3.8) is 0 Å². The van der Waals surface area contributed by atoms with Crippen molar-refractivity contribution >= 4 is 46.4 Å². The Morgan fingerprint density at radius 1 is 0.964 bits per heavy atom. The molecule has 10 heteroatoms. The predicted octanol–water partition coefficient (Wildman–Crippen LogP) is 6.31. The van der Waals surface area contributed by atoms with Gasteiger partial charge in [0.05, 0.1) is 0 Å². The SMILES string of the molecule is FC(F)(F)c1nc2n(n1)[C@H](c1c(Cl)cccc1Cl)C=C(c1ccc(Cl)cc1)N2. The number of alkyl halides is 3. The lowest BCUT2D eigenvalue weighted by molar-refractivity contribution is -0.145. The number of hydrogen-bond donors (Lipinski definition) is 1. The van der Waals surface area contributed by atoms with E-state index >= 15 is 0 Å². The fourth-order valence-corrected chi connectivity index (χ4v) is 3.66. The van der Waals surface area contributed by atoms with Crippen LogP contribution in [0.5, 0.6) is 0 Å². The molecule has 0 saturated heterocycles. The molecular formula is C18H10Cl3F3N4. The van der Waals surface area contributed by atoms with E-state index in [2.05, 4.69) is 15.4 Å². The summed E-state index contributed by atoms with van der Waals surface area (Å²) in [4.78, 5) is 3.61. The lowest BCUT2D eigenvalue weighted by Gasteiger charge is -2.25. The third-order valence-electron chi connectivity index (χ3n) is 4.17. The number of halogens is 6. The molecule has 1 aliphatic heterocycles. The second kappa shape index (κ2) is 6.99. The second-order valence-corrected chi connectivity index (χ2v) is 7.24. The van der Waals surface area contributed by atoms with Gasteiger partial charge in [-0.3, -0.25) is 0 Å². The first-order chi connectivity index (χ1) is 13.2. The van der Waals surface area contributed by atoms with Crippen LogP contribution in [0.25, 0.3) is 5.70 Å². The van der Waals surface area contributed by atoms with Crippen LogP contribution in [0.3, 0.4) is 0 Å². The van der Waals surface area contributed by atoms with E-state index in [0.29, 0.717) is 31.9 Å². The van der Waals surface area contributed by atoms with Gasteiger partial charge in [-0.1, -0.05) is 53.0 Å². The van der Waals surface area contributed by atoms with E-state index in [-0.39, 0.29) is 5.95 Å². The van der Waals surface area contributed by atoms with Crippen LogP contribution in [-0.4, -0.2) is 14.8 Å². The topological polar surface area (TPSA) is 42.7 Å². The summed E-state index contributed by atoms with van der Waals surface area (Å²) in [5.74, 6) is -1.32. The maximum absolute atomic E-state index is 13.2. The Bertz CT molecular complexity index is 1050. The van der Waals surface area contributed by atoms with E-state index in [0.717, 1.165) is 4.68 Å². The number of rotatable bonds is 2. The smallest absolute Gasteiger partial charge is 0.324 e. The molecule has 1 aliphatic rings. The van der Waals surface area contributed by atoms with E-state index < -0.39 is 18.0 Å². The first-order valence-corrected chi connectivity index (χ1v) is 9.10. The molecule has 4 nitrogen and oxygen atoms in total. The Hall–Kier alpha value is -2.22. The molecule has 0 saturated carbocycles. The van der Waals surface area contributed by atoms with Gasteiger partial charge in [0, 0.05) is 26.3 Å². The van der Waals surface area contributed by atoms with Crippen LogP contribution in [0.2, 0.25) is 15.1 Å². The average molecular weight is 446 g/mol. The zero-order valence-electron chi connectivity index (χ0n) is 13.8. The Labute approximate surface area is 172 Å². The Morgan fingerprint density at radius 2 is 1.61 bits per heavy atom. The van der Waals surface area contributed by atoms with Gasteiger partial charge in [0.2, 0.25) is 5.95 Å². The fourth-order valence-electron chi connectivity index (χ4n) is 2.91. The molecule has 1 atom stereocenters. The van der Waals surface area contributed by atoms with Gasteiger partial charge >= 0.3 is 6.18 Å². The molecule has 1 N–H and O–H groups in total. The lowest BCUT2D eigenvalue weighted by Crippen LogP contribution is -2.21. The number of nitrogens with zero attached hydrogens (tertiary/aromatic N) is 3. The first-order valence-electron chi connectivity index (χ1n) is 7.96. The van der Waals surface area contributed by atoms with Crippen molar-refractivity contribution in [3.8, 4) is 0 Å². The molecule has 0 unspecified atom stereocenters. The number of nitrogens with one attached hydrogen (secondary N) is 1. The molecule has 0 aliphatic carbocycles. The molecule has 2 aromatic carbocycles. The van der Waals surface area contributed by atoms with E-state index in [1.54, 1.807) is 48.5 Å². The van der Waals surface area contributed by atoms with Crippen molar-refractivity contribution < 1.29 is 13.2 Å². The Balaban J connectivity index is 1.90. The van der Waals surface area contributed by atoms with Crippen LogP contribution in [0.1, 0.15) is 23.0 Å². The molecule has 0 radical (unpaired) electrons. The Morgan fingerprint density at radius 3 is 2.21 bits per heavy atom. The summed E-state index contributed by atoms with van der Waals surface area (Å²) in [5, 5.41) is 7.67. The molecule has 1 aromatic heterocycles. The van der Waals surface area contributed by atoms with Gasteiger partial charge in [0.15, 0.2) is 0 Å². The molecule has 0 spiro atoms. The van der Waals surface area contributed by atoms with Crippen LogP contribution < -0.4 is 5.32 Å². The van der Waals surface area contributed by atoms with Gasteiger partial charge in [-0.05, 0) is 35.9 Å². The van der Waals surface area contributed by atoms with Crippen molar-refractivity contribution in [1.29, 1.82) is 0 Å². The third kappa shape index (κ3) is 3.45. The molecule has 28 heavy (non-hydrogen) atoms. The number of aromatic nitrogens is 3. The Kier molecular flexibility index (Phi) is 4.77. The van der Waals surface area contributed by atoms with E-state index in [4.69, 9.17) is 34.8 Å². The molecule has 0 bridgehead atoms. The standard InChI is InChI=1S/C18H10Cl3F3N4/c19-10-6-4-9(5-7-10)13-8-14(15-11(20)2-1-3-12(15)21)28-17(25-13)26-16(27-28)18(22,23)24/h1-8,14H,(H,25,26,27)/t14-/m0/s1. The van der Waals surface area contributed by atoms with E-state index in [1.165, 1.54) is 0 Å². The molecular weight excluding hydrogens is 436 g/mol. The molecule has 3 aromatic rings. The lowest BCUT2D eigenvalue weighted by atomic mass is 10.0. The highest BCUT2D eigenvalue weighted by Crippen LogP contribution is 2.40. The van der Waals surface area contributed by atoms with Crippen LogP contribution in [0.15, 0.2) is 48.5 Å². The molecule has 2 heterocycles. The maximum atomic E-state index is 13.2. The minimum Gasteiger partial charge on any atom is -0.324 e. The zero-order valence-corrected chi connectivity index (χ0v) is 16.1. The first kappa shape index (κ1) is 19.1. The average Bonchev–Trinajstić information content (AvgIpc) is 3.07. The maximum Gasteiger partial charge on any atom is 0.453 e. The van der Waals surface area contributed by atoms with Crippen LogP contribution in [0.4, 0.5) is 19.1 Å². The summed E-state index contributed by atoms with van der Waals surface area (Å²) >= 11 is 18.5. The molecule has 0 fully saturated rings. The summed E-state index contributed by atoms with van der Waals surface area (Å²) in [6.45, 7) is 0. The van der Waals surface area contributed by atoms with Crippen molar-refractivity contribution in [2.75, 3.05) is 5.32 Å². The summed E-state index contributed by atoms with van der Waals surface area (Å²) in [6.07, 6.45) is -3.00. The van der Waals surface area contributed by atoms with Crippen molar-refractivity contribution in [3.05, 3.63) is 80.6 Å². The number of benzene rings is 2. The van der Waals surface area contributed by atoms with Crippen molar-refractivity contribution in [2.24, 2.45) is 0 Å². The zero-order chi connectivity index (χ0) is 20.1.